The number of H-pyrrole nitrogens is 1. The summed E-state index contributed by atoms with van der Waals surface area (Å²) in [6.07, 6.45) is 2.39. The first-order valence-corrected chi connectivity index (χ1v) is 7.71. The van der Waals surface area contributed by atoms with Crippen molar-refractivity contribution in [1.29, 1.82) is 0 Å². The number of piperidine rings is 1. The number of rotatable bonds is 2. The first-order chi connectivity index (χ1) is 10.1. The van der Waals surface area contributed by atoms with E-state index in [1.165, 1.54) is 0 Å². The maximum Gasteiger partial charge on any atom is 0.270 e. The fraction of sp³-hybridized carbons (Fsp3) is 0.438. The molecule has 2 atom stereocenters. The summed E-state index contributed by atoms with van der Waals surface area (Å²) in [5.41, 5.74) is 1.41. The number of carbonyl (C=O) groups is 1. The van der Waals surface area contributed by atoms with Crippen molar-refractivity contribution in [3.63, 3.8) is 0 Å². The molecular weight excluding hydrogens is 288 g/mol. The fourth-order valence-electron chi connectivity index (χ4n) is 3.08. The van der Waals surface area contributed by atoms with Crippen molar-refractivity contribution in [1.82, 2.24) is 9.88 Å². The van der Waals surface area contributed by atoms with Crippen molar-refractivity contribution < 1.29 is 9.90 Å². The normalized spacial score (nSPS) is 20.7. The van der Waals surface area contributed by atoms with Gasteiger partial charge in [-0.05, 0) is 44.4 Å². The van der Waals surface area contributed by atoms with Crippen LogP contribution in [0.1, 0.15) is 36.7 Å². The Morgan fingerprint density at radius 3 is 3.00 bits per heavy atom. The first-order valence-electron chi connectivity index (χ1n) is 7.33. The largest absolute Gasteiger partial charge is 0.391 e. The number of carbonyl (C=O) groups excluding carboxylic acids is 1. The van der Waals surface area contributed by atoms with E-state index in [9.17, 15) is 9.90 Å². The highest BCUT2D eigenvalue weighted by atomic mass is 35.5. The highest BCUT2D eigenvalue weighted by Crippen LogP contribution is 2.25. The minimum absolute atomic E-state index is 0.0482. The zero-order valence-corrected chi connectivity index (χ0v) is 12.7. The second kappa shape index (κ2) is 5.70. The number of aliphatic hydroxyl groups excluding tert-OH is 1. The summed E-state index contributed by atoms with van der Waals surface area (Å²) in [6, 6.07) is 7.28. The van der Waals surface area contributed by atoms with Crippen LogP contribution in [0.15, 0.2) is 24.3 Å². The minimum atomic E-state index is -0.506. The highest BCUT2D eigenvalue weighted by Gasteiger charge is 2.31. The number of hydrogen-bond acceptors (Lipinski definition) is 2. The Morgan fingerprint density at radius 2 is 2.24 bits per heavy atom. The molecule has 1 saturated heterocycles. The molecule has 1 fully saturated rings. The maximum absolute atomic E-state index is 12.7. The van der Waals surface area contributed by atoms with E-state index in [2.05, 4.69) is 4.98 Å². The number of nitrogens with zero attached hydrogens (tertiary/aromatic N) is 1. The van der Waals surface area contributed by atoms with Crippen LogP contribution in [-0.4, -0.2) is 39.6 Å². The van der Waals surface area contributed by atoms with E-state index in [0.717, 1.165) is 30.2 Å². The lowest BCUT2D eigenvalue weighted by atomic mass is 9.98. The molecule has 1 aromatic carbocycles. The Balaban J connectivity index is 1.91. The van der Waals surface area contributed by atoms with Crippen LogP contribution in [-0.2, 0) is 0 Å². The monoisotopic (exact) mass is 306 g/mol. The molecule has 2 heterocycles. The van der Waals surface area contributed by atoms with Gasteiger partial charge < -0.3 is 15.0 Å². The second-order valence-corrected chi connectivity index (χ2v) is 6.15. The predicted molar refractivity (Wildman–Crippen MR) is 83.7 cm³/mol. The van der Waals surface area contributed by atoms with Gasteiger partial charge in [0.2, 0.25) is 0 Å². The maximum atomic E-state index is 12.7. The lowest BCUT2D eigenvalue weighted by Crippen LogP contribution is -2.49. The summed E-state index contributed by atoms with van der Waals surface area (Å²) in [5, 5.41) is 11.5. The molecule has 1 amide bonds. The second-order valence-electron chi connectivity index (χ2n) is 5.72. The van der Waals surface area contributed by atoms with E-state index in [1.807, 2.05) is 24.3 Å². The zero-order chi connectivity index (χ0) is 15.0. The van der Waals surface area contributed by atoms with Crippen LogP contribution in [0.25, 0.3) is 10.9 Å². The number of hydrogen-bond donors (Lipinski definition) is 2. The first kappa shape index (κ1) is 14.4. The van der Waals surface area contributed by atoms with Gasteiger partial charge in [-0.2, -0.15) is 0 Å². The Labute approximate surface area is 128 Å². The molecule has 1 aliphatic rings. The molecule has 1 aromatic heterocycles. The third-order valence-electron chi connectivity index (χ3n) is 4.18. The summed E-state index contributed by atoms with van der Waals surface area (Å²) in [4.78, 5) is 17.6. The van der Waals surface area contributed by atoms with Crippen LogP contribution in [0.2, 0.25) is 5.02 Å². The van der Waals surface area contributed by atoms with E-state index >= 15 is 0 Å². The van der Waals surface area contributed by atoms with E-state index in [0.29, 0.717) is 17.3 Å². The average molecular weight is 307 g/mol. The molecule has 2 N–H and O–H groups in total. The predicted octanol–water partition coefficient (Wildman–Crippen LogP) is 3.20. The SMILES string of the molecule is CC(O)C1CCCCN1C(=O)c1cc2ccc(Cl)cc2[nH]1. The molecule has 0 spiro atoms. The van der Waals surface area contributed by atoms with Crippen molar-refractivity contribution in [2.24, 2.45) is 0 Å². The lowest BCUT2D eigenvalue weighted by molar-refractivity contribution is 0.0277. The summed E-state index contributed by atoms with van der Waals surface area (Å²) < 4.78 is 0. The van der Waals surface area contributed by atoms with Gasteiger partial charge in [0.1, 0.15) is 5.69 Å². The highest BCUT2D eigenvalue weighted by molar-refractivity contribution is 6.31. The van der Waals surface area contributed by atoms with Crippen molar-refractivity contribution in [2.45, 2.75) is 38.3 Å². The molecule has 1 aliphatic heterocycles. The van der Waals surface area contributed by atoms with Gasteiger partial charge in [0.25, 0.3) is 5.91 Å². The molecule has 5 heteroatoms. The van der Waals surface area contributed by atoms with Crippen LogP contribution in [0.4, 0.5) is 0 Å². The molecular formula is C16H19ClN2O2. The van der Waals surface area contributed by atoms with E-state index in [4.69, 9.17) is 11.6 Å². The van der Waals surface area contributed by atoms with Crippen LogP contribution in [0.5, 0.6) is 0 Å². The van der Waals surface area contributed by atoms with E-state index in [-0.39, 0.29) is 11.9 Å². The van der Waals surface area contributed by atoms with E-state index < -0.39 is 6.10 Å². The number of aliphatic hydroxyl groups is 1. The molecule has 2 aromatic rings. The van der Waals surface area contributed by atoms with Gasteiger partial charge in [-0.15, -0.1) is 0 Å². The molecule has 0 aliphatic carbocycles. The molecule has 0 saturated carbocycles. The van der Waals surface area contributed by atoms with Gasteiger partial charge in [0.05, 0.1) is 12.1 Å². The Kier molecular flexibility index (Phi) is 3.91. The molecule has 4 nitrogen and oxygen atoms in total. The molecule has 3 rings (SSSR count). The smallest absolute Gasteiger partial charge is 0.270 e. The third kappa shape index (κ3) is 2.78. The fourth-order valence-corrected chi connectivity index (χ4v) is 3.25. The van der Waals surface area contributed by atoms with E-state index in [1.54, 1.807) is 11.8 Å². The number of amides is 1. The number of benzene rings is 1. The minimum Gasteiger partial charge on any atom is -0.391 e. The van der Waals surface area contributed by atoms with Crippen LogP contribution < -0.4 is 0 Å². The van der Waals surface area contributed by atoms with Gasteiger partial charge in [0.15, 0.2) is 0 Å². The number of nitrogens with one attached hydrogen (secondary N) is 1. The zero-order valence-electron chi connectivity index (χ0n) is 12.0. The van der Waals surface area contributed by atoms with Gasteiger partial charge in [-0.25, -0.2) is 0 Å². The molecule has 2 unspecified atom stereocenters. The quantitative estimate of drug-likeness (QED) is 0.895. The van der Waals surface area contributed by atoms with Crippen molar-refractivity contribution in [2.75, 3.05) is 6.54 Å². The van der Waals surface area contributed by atoms with Crippen molar-refractivity contribution in [3.8, 4) is 0 Å². The topological polar surface area (TPSA) is 56.3 Å². The lowest BCUT2D eigenvalue weighted by Gasteiger charge is -2.37. The molecule has 21 heavy (non-hydrogen) atoms. The van der Waals surface area contributed by atoms with Gasteiger partial charge in [0, 0.05) is 22.5 Å². The Bertz CT molecular complexity index is 665. The molecule has 0 radical (unpaired) electrons. The Morgan fingerprint density at radius 1 is 1.43 bits per heavy atom. The van der Waals surface area contributed by atoms with Gasteiger partial charge >= 0.3 is 0 Å². The number of aromatic amines is 1. The number of fused-ring (bicyclic) bond motifs is 1. The number of likely N-dealkylation sites (tertiary alicyclic amines) is 1. The summed E-state index contributed by atoms with van der Waals surface area (Å²) >= 11 is 5.97. The summed E-state index contributed by atoms with van der Waals surface area (Å²) in [7, 11) is 0. The molecule has 112 valence electrons. The van der Waals surface area contributed by atoms with Crippen LogP contribution >= 0.6 is 11.6 Å². The van der Waals surface area contributed by atoms with Gasteiger partial charge in [-0.3, -0.25) is 4.79 Å². The van der Waals surface area contributed by atoms with Gasteiger partial charge in [-0.1, -0.05) is 17.7 Å². The summed E-state index contributed by atoms with van der Waals surface area (Å²) in [5.74, 6) is -0.0482. The number of aromatic nitrogens is 1. The molecule has 0 bridgehead atoms. The summed E-state index contributed by atoms with van der Waals surface area (Å²) in [6.45, 7) is 2.45. The third-order valence-corrected chi connectivity index (χ3v) is 4.42. The van der Waals surface area contributed by atoms with Crippen molar-refractivity contribution >= 4 is 28.4 Å². The Hall–Kier alpha value is -1.52. The standard InChI is InChI=1S/C16H19ClN2O2/c1-10(20)15-4-2-3-7-19(15)16(21)14-8-11-5-6-12(17)9-13(11)18-14/h5-6,8-10,15,18,20H,2-4,7H2,1H3. The van der Waals surface area contributed by atoms with Crippen LogP contribution in [0.3, 0.4) is 0 Å². The number of halogens is 1. The average Bonchev–Trinajstić information content (AvgIpc) is 2.89. The van der Waals surface area contributed by atoms with Crippen molar-refractivity contribution in [3.05, 3.63) is 35.0 Å². The van der Waals surface area contributed by atoms with Crippen LogP contribution in [0, 0.1) is 0 Å².